The number of aryl methyl sites for hydroxylation is 1. The molecule has 0 amide bonds. The highest BCUT2D eigenvalue weighted by Crippen LogP contribution is 2.33. The summed E-state index contributed by atoms with van der Waals surface area (Å²) in [6.07, 6.45) is 8.06. The molecule has 27 heavy (non-hydrogen) atoms. The number of methoxy groups -OCH3 is 1. The number of rotatable bonds is 5. The molecule has 0 fully saturated rings. The number of ether oxygens (including phenoxy) is 2. The number of hydrogen-bond donors (Lipinski definition) is 2. The van der Waals surface area contributed by atoms with Crippen molar-refractivity contribution < 1.29 is 9.47 Å². The summed E-state index contributed by atoms with van der Waals surface area (Å²) in [5.74, 6) is 3.18. The second-order valence-electron chi connectivity index (χ2n) is 6.16. The molecule has 0 radical (unpaired) electrons. The summed E-state index contributed by atoms with van der Waals surface area (Å²) in [4.78, 5) is 9.79. The highest BCUT2D eigenvalue weighted by molar-refractivity contribution is 7.97. The third-order valence-electron chi connectivity index (χ3n) is 4.24. The topological polar surface area (TPSA) is 67.8 Å². The van der Waals surface area contributed by atoms with Gasteiger partial charge in [-0.1, -0.05) is 6.07 Å². The first kappa shape index (κ1) is 17.5. The molecule has 6 nitrogen and oxygen atoms in total. The number of allylic oxidation sites excluding steroid dienone is 2. The second kappa shape index (κ2) is 7.75. The molecule has 1 atom stereocenters. The summed E-state index contributed by atoms with van der Waals surface area (Å²) >= 11 is 1.49. The predicted molar refractivity (Wildman–Crippen MR) is 108 cm³/mol. The molecule has 4 rings (SSSR count). The molecule has 3 heterocycles. The Kier molecular flexibility index (Phi) is 5.02. The van der Waals surface area contributed by atoms with Gasteiger partial charge in [0.2, 0.25) is 0 Å². The van der Waals surface area contributed by atoms with E-state index in [0.717, 1.165) is 40.0 Å². The molecule has 0 saturated carbocycles. The molecule has 2 aliphatic rings. The lowest BCUT2D eigenvalue weighted by Gasteiger charge is -2.13. The minimum atomic E-state index is -0.221. The van der Waals surface area contributed by atoms with Crippen molar-refractivity contribution in [2.45, 2.75) is 24.5 Å². The molecular weight excluding hydrogens is 360 g/mol. The van der Waals surface area contributed by atoms with Gasteiger partial charge in [0, 0.05) is 12.4 Å². The normalized spacial score (nSPS) is 17.8. The fourth-order valence-corrected chi connectivity index (χ4v) is 3.67. The van der Waals surface area contributed by atoms with Gasteiger partial charge in [0.25, 0.3) is 0 Å². The van der Waals surface area contributed by atoms with Gasteiger partial charge in [-0.15, -0.1) is 0 Å². The number of pyridine rings is 1. The van der Waals surface area contributed by atoms with Crippen LogP contribution in [0.5, 0.6) is 11.5 Å². The lowest BCUT2D eigenvalue weighted by atomic mass is 10.1. The van der Waals surface area contributed by atoms with Crippen LogP contribution in [0, 0.1) is 6.92 Å². The number of fused-ring (bicyclic) bond motifs is 1. The van der Waals surface area contributed by atoms with Crippen molar-refractivity contribution in [1.82, 2.24) is 9.71 Å². The molecular formula is C20H20N4O2S. The fraction of sp³-hybridized carbons (Fsp3) is 0.200. The number of anilines is 1. The predicted octanol–water partition coefficient (Wildman–Crippen LogP) is 4.07. The summed E-state index contributed by atoms with van der Waals surface area (Å²) in [6, 6.07) is 9.86. The van der Waals surface area contributed by atoms with Gasteiger partial charge in [-0.2, -0.15) is 0 Å². The first-order valence-electron chi connectivity index (χ1n) is 8.62. The number of nitrogens with zero attached hydrogens (tertiary/aromatic N) is 2. The van der Waals surface area contributed by atoms with Crippen molar-refractivity contribution in [3.8, 4) is 11.5 Å². The maximum Gasteiger partial charge on any atom is 0.194 e. The van der Waals surface area contributed by atoms with Gasteiger partial charge in [0.1, 0.15) is 11.6 Å². The minimum Gasteiger partial charge on any atom is -0.496 e. The van der Waals surface area contributed by atoms with Crippen LogP contribution in [-0.4, -0.2) is 24.5 Å². The van der Waals surface area contributed by atoms with Crippen molar-refractivity contribution in [3.05, 3.63) is 65.6 Å². The molecule has 2 N–H and O–H groups in total. The smallest absolute Gasteiger partial charge is 0.194 e. The zero-order valence-corrected chi connectivity index (χ0v) is 15.9. The molecule has 0 aliphatic carbocycles. The van der Waals surface area contributed by atoms with Crippen LogP contribution in [0.25, 0.3) is 0 Å². The van der Waals surface area contributed by atoms with E-state index in [2.05, 4.69) is 33.0 Å². The molecule has 1 aromatic heterocycles. The standard InChI is InChI=1S/C20H20N4O2S/c1-13-5-7-15(25-2)17(12-13)27-24-18-8-6-14(9-11-21-18)20-23-19-16(26-20)4-3-10-22-19/h3-5,7-12,20,24H,6H2,1-2H3,(H,22,23). The third kappa shape index (κ3) is 3.93. The molecule has 138 valence electrons. The van der Waals surface area contributed by atoms with Gasteiger partial charge >= 0.3 is 0 Å². The van der Waals surface area contributed by atoms with E-state index in [0.29, 0.717) is 0 Å². The Morgan fingerprint density at radius 3 is 3.11 bits per heavy atom. The van der Waals surface area contributed by atoms with Gasteiger partial charge in [-0.25, -0.2) is 9.98 Å². The molecule has 2 aromatic rings. The highest BCUT2D eigenvalue weighted by Gasteiger charge is 2.25. The monoisotopic (exact) mass is 380 g/mol. The van der Waals surface area contributed by atoms with E-state index in [1.165, 1.54) is 17.5 Å². The van der Waals surface area contributed by atoms with E-state index in [-0.39, 0.29) is 6.23 Å². The van der Waals surface area contributed by atoms with Crippen LogP contribution in [-0.2, 0) is 0 Å². The SMILES string of the molecule is COc1ccc(C)cc1SNC1=CCC(C2Nc3ncccc3O2)=CC=N1. The molecule has 7 heteroatoms. The molecule has 0 spiro atoms. The summed E-state index contributed by atoms with van der Waals surface area (Å²) in [5.41, 5.74) is 2.27. The van der Waals surface area contributed by atoms with Crippen molar-refractivity contribution in [2.75, 3.05) is 12.4 Å². The largest absolute Gasteiger partial charge is 0.496 e. The Balaban J connectivity index is 1.40. The van der Waals surface area contributed by atoms with Crippen LogP contribution in [0.1, 0.15) is 12.0 Å². The zero-order valence-electron chi connectivity index (χ0n) is 15.1. The first-order valence-corrected chi connectivity index (χ1v) is 9.43. The third-order valence-corrected chi connectivity index (χ3v) is 5.09. The van der Waals surface area contributed by atoms with Crippen LogP contribution in [0.2, 0.25) is 0 Å². The maximum atomic E-state index is 5.93. The molecule has 2 aliphatic heterocycles. The number of benzene rings is 1. The molecule has 0 saturated heterocycles. The highest BCUT2D eigenvalue weighted by atomic mass is 32.2. The van der Waals surface area contributed by atoms with Gasteiger partial charge in [0.15, 0.2) is 17.8 Å². The van der Waals surface area contributed by atoms with E-state index >= 15 is 0 Å². The zero-order chi connectivity index (χ0) is 18.6. The average Bonchev–Trinajstić information content (AvgIpc) is 2.97. The van der Waals surface area contributed by atoms with Gasteiger partial charge < -0.3 is 19.5 Å². The Hall–Kier alpha value is -2.93. The van der Waals surface area contributed by atoms with Crippen molar-refractivity contribution in [2.24, 2.45) is 4.99 Å². The van der Waals surface area contributed by atoms with Crippen LogP contribution in [0.4, 0.5) is 5.82 Å². The quantitative estimate of drug-likeness (QED) is 0.762. The lowest BCUT2D eigenvalue weighted by molar-refractivity contribution is 0.287. The number of nitrogens with one attached hydrogen (secondary N) is 2. The number of hydrogen-bond acceptors (Lipinski definition) is 7. The van der Waals surface area contributed by atoms with Gasteiger partial charge in [-0.05, 0) is 72.8 Å². The number of aliphatic imine (C=N–C) groups is 1. The van der Waals surface area contributed by atoms with Gasteiger partial charge in [0.05, 0.1) is 12.0 Å². The van der Waals surface area contributed by atoms with E-state index in [9.17, 15) is 0 Å². The Labute approximate surface area is 162 Å². The first-order chi connectivity index (χ1) is 13.2. The lowest BCUT2D eigenvalue weighted by Crippen LogP contribution is -2.23. The summed E-state index contributed by atoms with van der Waals surface area (Å²) < 4.78 is 14.7. The second-order valence-corrected chi connectivity index (χ2v) is 7.01. The minimum absolute atomic E-state index is 0.221. The molecule has 1 aromatic carbocycles. The van der Waals surface area contributed by atoms with E-state index in [1.54, 1.807) is 19.5 Å². The van der Waals surface area contributed by atoms with E-state index < -0.39 is 0 Å². The Bertz CT molecular complexity index is 914. The van der Waals surface area contributed by atoms with E-state index in [4.69, 9.17) is 9.47 Å². The number of aromatic nitrogens is 1. The van der Waals surface area contributed by atoms with Crippen LogP contribution >= 0.6 is 11.9 Å². The van der Waals surface area contributed by atoms with E-state index in [1.807, 2.05) is 36.4 Å². The van der Waals surface area contributed by atoms with Crippen molar-refractivity contribution >= 4 is 24.0 Å². The van der Waals surface area contributed by atoms with Gasteiger partial charge in [-0.3, -0.25) is 0 Å². The molecule has 1 unspecified atom stereocenters. The fourth-order valence-electron chi connectivity index (χ4n) is 2.83. The summed E-state index contributed by atoms with van der Waals surface area (Å²) in [7, 11) is 1.68. The summed E-state index contributed by atoms with van der Waals surface area (Å²) in [5, 5.41) is 3.29. The average molecular weight is 380 g/mol. The van der Waals surface area contributed by atoms with Crippen LogP contribution < -0.4 is 19.5 Å². The molecule has 0 bridgehead atoms. The maximum absolute atomic E-state index is 5.93. The Morgan fingerprint density at radius 1 is 1.33 bits per heavy atom. The van der Waals surface area contributed by atoms with Crippen LogP contribution in [0.15, 0.2) is 70.0 Å². The summed E-state index contributed by atoms with van der Waals surface area (Å²) in [6.45, 7) is 2.06. The van der Waals surface area contributed by atoms with Crippen molar-refractivity contribution in [3.63, 3.8) is 0 Å². The van der Waals surface area contributed by atoms with Crippen molar-refractivity contribution in [1.29, 1.82) is 0 Å². The Morgan fingerprint density at radius 2 is 2.26 bits per heavy atom. The van der Waals surface area contributed by atoms with Crippen LogP contribution in [0.3, 0.4) is 0 Å².